The quantitative estimate of drug-likeness (QED) is 0.826. The Balaban J connectivity index is 0.00000208. The highest BCUT2D eigenvalue weighted by Gasteiger charge is 2.37. The summed E-state index contributed by atoms with van der Waals surface area (Å²) in [5.41, 5.74) is 2.30. The van der Waals surface area contributed by atoms with Crippen LogP contribution in [0, 0.1) is 5.92 Å². The van der Waals surface area contributed by atoms with Gasteiger partial charge in [0.1, 0.15) is 0 Å². The topological polar surface area (TPSA) is 50.4 Å². The molecular formula is C19H29ClN2O2. The van der Waals surface area contributed by atoms with Gasteiger partial charge in [0.15, 0.2) is 0 Å². The van der Waals surface area contributed by atoms with E-state index in [1.54, 1.807) is 0 Å². The average molecular weight is 353 g/mol. The number of hydrogen-bond donors (Lipinski definition) is 2. The van der Waals surface area contributed by atoms with Crippen LogP contribution in [0.25, 0.3) is 0 Å². The van der Waals surface area contributed by atoms with E-state index in [1.165, 1.54) is 25.7 Å². The number of ether oxygens (including phenoxy) is 1. The van der Waals surface area contributed by atoms with Crippen molar-refractivity contribution in [1.82, 2.24) is 10.6 Å². The van der Waals surface area contributed by atoms with E-state index in [1.807, 2.05) is 19.1 Å². The van der Waals surface area contributed by atoms with E-state index < -0.39 is 0 Å². The molecule has 1 amide bonds. The number of hydrogen-bond acceptors (Lipinski definition) is 3. The molecule has 24 heavy (non-hydrogen) atoms. The van der Waals surface area contributed by atoms with Gasteiger partial charge in [-0.2, -0.15) is 0 Å². The summed E-state index contributed by atoms with van der Waals surface area (Å²) < 4.78 is 5.51. The first-order chi connectivity index (χ1) is 11.3. The van der Waals surface area contributed by atoms with Crippen molar-refractivity contribution in [3.63, 3.8) is 0 Å². The zero-order chi connectivity index (χ0) is 16.1. The first-order valence-corrected chi connectivity index (χ1v) is 8.96. The Kier molecular flexibility index (Phi) is 7.53. The molecule has 0 bridgehead atoms. The Labute approximate surface area is 151 Å². The molecule has 1 aliphatic heterocycles. The van der Waals surface area contributed by atoms with Gasteiger partial charge in [-0.15, -0.1) is 12.4 Å². The maximum atomic E-state index is 12.5. The van der Waals surface area contributed by atoms with Crippen molar-refractivity contribution in [2.24, 2.45) is 5.92 Å². The summed E-state index contributed by atoms with van der Waals surface area (Å²) in [6, 6.07) is 8.71. The summed E-state index contributed by atoms with van der Waals surface area (Å²) >= 11 is 0. The lowest BCUT2D eigenvalue weighted by Crippen LogP contribution is -2.43. The Morgan fingerprint density at radius 3 is 2.75 bits per heavy atom. The minimum absolute atomic E-state index is 0. The van der Waals surface area contributed by atoms with Gasteiger partial charge in [-0.1, -0.05) is 37.1 Å². The minimum atomic E-state index is -0.0119. The highest BCUT2D eigenvalue weighted by Crippen LogP contribution is 2.33. The predicted octanol–water partition coefficient (Wildman–Crippen LogP) is 3.18. The number of carbonyl (C=O) groups is 1. The second-order valence-corrected chi connectivity index (χ2v) is 6.73. The molecule has 2 fully saturated rings. The highest BCUT2D eigenvalue weighted by molar-refractivity contribution is 5.85. The monoisotopic (exact) mass is 352 g/mol. The summed E-state index contributed by atoms with van der Waals surface area (Å²) in [6.45, 7) is 3.88. The standard InChI is InChI=1S/C19H28N2O2.ClH/c1-2-23-13-16-9-4-3-8-15(16)12-20-19(22)18-11-14-7-5-6-10-17(14)21-18;/h3-4,8-9,14,17-18,21H,2,5-7,10-13H2,1H3,(H,20,22);1H. The molecule has 134 valence electrons. The third-order valence-electron chi connectivity index (χ3n) is 5.21. The van der Waals surface area contributed by atoms with Crippen LogP contribution >= 0.6 is 12.4 Å². The fraction of sp³-hybridized carbons (Fsp3) is 0.632. The molecule has 1 saturated carbocycles. The second-order valence-electron chi connectivity index (χ2n) is 6.73. The van der Waals surface area contributed by atoms with E-state index >= 15 is 0 Å². The molecule has 1 aromatic carbocycles. The van der Waals surface area contributed by atoms with Crippen LogP contribution in [0.4, 0.5) is 0 Å². The third kappa shape index (κ3) is 4.71. The lowest BCUT2D eigenvalue weighted by atomic mass is 9.85. The molecule has 0 aromatic heterocycles. The van der Waals surface area contributed by atoms with Gasteiger partial charge in [0, 0.05) is 19.2 Å². The fourth-order valence-electron chi connectivity index (χ4n) is 3.91. The van der Waals surface area contributed by atoms with E-state index in [4.69, 9.17) is 4.74 Å². The summed E-state index contributed by atoms with van der Waals surface area (Å²) in [5, 5.41) is 6.65. The number of rotatable bonds is 6. The van der Waals surface area contributed by atoms with Crippen LogP contribution in [0.3, 0.4) is 0 Å². The molecule has 3 rings (SSSR count). The van der Waals surface area contributed by atoms with Crippen molar-refractivity contribution >= 4 is 18.3 Å². The highest BCUT2D eigenvalue weighted by atomic mass is 35.5. The first kappa shape index (κ1) is 19.2. The summed E-state index contributed by atoms with van der Waals surface area (Å²) in [6.07, 6.45) is 6.12. The lowest BCUT2D eigenvalue weighted by Gasteiger charge is -2.24. The van der Waals surface area contributed by atoms with Crippen molar-refractivity contribution in [2.75, 3.05) is 6.61 Å². The molecule has 3 atom stereocenters. The number of benzene rings is 1. The fourth-order valence-corrected chi connectivity index (χ4v) is 3.91. The molecule has 2 N–H and O–H groups in total. The van der Waals surface area contributed by atoms with E-state index in [-0.39, 0.29) is 24.4 Å². The Morgan fingerprint density at radius 1 is 1.25 bits per heavy atom. The lowest BCUT2D eigenvalue weighted by molar-refractivity contribution is -0.123. The van der Waals surface area contributed by atoms with Crippen LogP contribution < -0.4 is 10.6 Å². The molecule has 0 spiro atoms. The van der Waals surface area contributed by atoms with Crippen LogP contribution in [0.1, 0.15) is 50.2 Å². The van der Waals surface area contributed by atoms with E-state index in [2.05, 4.69) is 22.8 Å². The Bertz CT molecular complexity index is 524. The van der Waals surface area contributed by atoms with Gasteiger partial charge >= 0.3 is 0 Å². The predicted molar refractivity (Wildman–Crippen MR) is 98.2 cm³/mol. The molecule has 4 nitrogen and oxygen atoms in total. The zero-order valence-corrected chi connectivity index (χ0v) is 15.2. The van der Waals surface area contributed by atoms with E-state index in [0.29, 0.717) is 31.7 Å². The van der Waals surface area contributed by atoms with Crippen molar-refractivity contribution in [1.29, 1.82) is 0 Å². The van der Waals surface area contributed by atoms with Gasteiger partial charge in [0.25, 0.3) is 0 Å². The molecule has 1 aliphatic carbocycles. The minimum Gasteiger partial charge on any atom is -0.377 e. The van der Waals surface area contributed by atoms with Crippen molar-refractivity contribution < 1.29 is 9.53 Å². The third-order valence-corrected chi connectivity index (χ3v) is 5.21. The number of halogens is 1. The molecule has 1 saturated heterocycles. The number of amides is 1. The Hall–Kier alpha value is -1.10. The zero-order valence-electron chi connectivity index (χ0n) is 14.4. The molecule has 0 radical (unpaired) electrons. The van der Waals surface area contributed by atoms with Crippen LogP contribution in [-0.4, -0.2) is 24.6 Å². The first-order valence-electron chi connectivity index (χ1n) is 8.96. The van der Waals surface area contributed by atoms with Gasteiger partial charge < -0.3 is 15.4 Å². The number of nitrogens with one attached hydrogen (secondary N) is 2. The van der Waals surface area contributed by atoms with Crippen LogP contribution in [0.15, 0.2) is 24.3 Å². The molecule has 5 heteroatoms. The molecule has 3 unspecified atom stereocenters. The Morgan fingerprint density at radius 2 is 2.00 bits per heavy atom. The molecule has 1 heterocycles. The number of carbonyl (C=O) groups excluding carboxylic acids is 1. The van der Waals surface area contributed by atoms with Gasteiger partial charge in [-0.05, 0) is 43.2 Å². The smallest absolute Gasteiger partial charge is 0.237 e. The normalized spacial score (nSPS) is 25.6. The van der Waals surface area contributed by atoms with Crippen molar-refractivity contribution in [3.8, 4) is 0 Å². The summed E-state index contributed by atoms with van der Waals surface area (Å²) in [5.74, 6) is 0.843. The van der Waals surface area contributed by atoms with Crippen LogP contribution in [0.5, 0.6) is 0 Å². The van der Waals surface area contributed by atoms with Gasteiger partial charge in [-0.3, -0.25) is 4.79 Å². The van der Waals surface area contributed by atoms with Crippen molar-refractivity contribution in [2.45, 2.75) is 64.3 Å². The van der Waals surface area contributed by atoms with Gasteiger partial charge in [0.05, 0.1) is 12.6 Å². The van der Waals surface area contributed by atoms with E-state index in [0.717, 1.165) is 17.5 Å². The SMILES string of the molecule is CCOCc1ccccc1CNC(=O)C1CC2CCCCC2N1.Cl. The van der Waals surface area contributed by atoms with Crippen molar-refractivity contribution in [3.05, 3.63) is 35.4 Å². The second kappa shape index (κ2) is 9.40. The molecule has 1 aromatic rings. The summed E-state index contributed by atoms with van der Waals surface area (Å²) in [7, 11) is 0. The maximum absolute atomic E-state index is 12.5. The molecular weight excluding hydrogens is 324 g/mol. The van der Waals surface area contributed by atoms with Gasteiger partial charge in [0.2, 0.25) is 5.91 Å². The largest absolute Gasteiger partial charge is 0.377 e. The average Bonchev–Trinajstić information content (AvgIpc) is 3.02. The molecule has 2 aliphatic rings. The maximum Gasteiger partial charge on any atom is 0.237 e. The van der Waals surface area contributed by atoms with Crippen LogP contribution in [-0.2, 0) is 22.7 Å². The van der Waals surface area contributed by atoms with Crippen LogP contribution in [0.2, 0.25) is 0 Å². The van der Waals surface area contributed by atoms with E-state index in [9.17, 15) is 4.79 Å². The number of fused-ring (bicyclic) bond motifs is 1. The summed E-state index contributed by atoms with van der Waals surface area (Å²) in [4.78, 5) is 12.5. The van der Waals surface area contributed by atoms with Gasteiger partial charge in [-0.25, -0.2) is 0 Å².